The van der Waals surface area contributed by atoms with Gasteiger partial charge < -0.3 is 11.5 Å². The lowest BCUT2D eigenvalue weighted by Crippen LogP contribution is -2.39. The molecule has 284 valence electrons. The van der Waals surface area contributed by atoms with Crippen molar-refractivity contribution in [1.82, 2.24) is 15.5 Å². The summed E-state index contributed by atoms with van der Waals surface area (Å²) in [4.78, 5) is 0.161. The van der Waals surface area contributed by atoms with Gasteiger partial charge in [-0.2, -0.15) is 13.5 Å². The predicted molar refractivity (Wildman–Crippen MR) is 201 cm³/mol. The van der Waals surface area contributed by atoms with Gasteiger partial charge in [0.05, 0.1) is 4.90 Å². The molecule has 0 radical (unpaired) electrons. The van der Waals surface area contributed by atoms with Crippen LogP contribution in [0.1, 0.15) is 153 Å². The summed E-state index contributed by atoms with van der Waals surface area (Å²) < 4.78 is 46.3. The first kappa shape index (κ1) is 48.4. The molecule has 1 aromatic heterocycles. The highest BCUT2D eigenvalue weighted by Gasteiger charge is 2.20. The van der Waals surface area contributed by atoms with Crippen molar-refractivity contribution in [3.05, 3.63) is 47.3 Å². The minimum absolute atomic E-state index is 0.161. The Labute approximate surface area is 300 Å². The molecule has 0 fully saturated rings. The maximum Gasteiger partial charge on any atom is 0.294 e. The van der Waals surface area contributed by atoms with Crippen LogP contribution in [0.25, 0.3) is 0 Å². The first-order chi connectivity index (χ1) is 23.5. The fourth-order valence-corrected chi connectivity index (χ4v) is 6.18. The number of nitrogens with two attached hydrogens (primary N) is 2. The topological polar surface area (TPSA) is 204 Å². The Hall–Kier alpha value is -2.74. The summed E-state index contributed by atoms with van der Waals surface area (Å²) in [5.41, 5.74) is 12.9. The summed E-state index contributed by atoms with van der Waals surface area (Å²) in [6.45, 7) is 6.71. The largest absolute Gasteiger partial charge is 0.370 e. The first-order valence-corrected chi connectivity index (χ1v) is 19.6. The molecule has 11 nitrogen and oxygen atoms in total. The number of guanidine groups is 2. The van der Waals surface area contributed by atoms with Crippen LogP contribution in [0.15, 0.2) is 35.5 Å². The molecule has 1 aromatic carbocycles. The summed E-state index contributed by atoms with van der Waals surface area (Å²) in [7, 11) is -4.20. The van der Waals surface area contributed by atoms with Gasteiger partial charge in [0.25, 0.3) is 10.1 Å². The van der Waals surface area contributed by atoms with Gasteiger partial charge >= 0.3 is 0 Å². The van der Waals surface area contributed by atoms with E-state index in [-0.39, 0.29) is 16.8 Å². The Bertz CT molecular complexity index is 1140. The van der Waals surface area contributed by atoms with Crippen LogP contribution in [0.2, 0.25) is 0 Å². The second kappa shape index (κ2) is 33.7. The van der Waals surface area contributed by atoms with Crippen molar-refractivity contribution in [2.45, 2.75) is 161 Å². The fraction of sp³-hybridized carbons (Fsp3) is 0.686. The number of H-pyrrole nitrogens is 1. The minimum Gasteiger partial charge on any atom is -0.370 e. The number of nitrogens with zero attached hydrogens (tertiary/aromatic N) is 1. The molecule has 0 aliphatic heterocycles. The molecule has 0 spiro atoms. The lowest BCUT2D eigenvalue weighted by atomic mass is 9.90. The van der Waals surface area contributed by atoms with Crippen molar-refractivity contribution < 1.29 is 22.0 Å². The van der Waals surface area contributed by atoms with Crippen LogP contribution in [0, 0.1) is 10.8 Å². The van der Waals surface area contributed by atoms with E-state index in [4.69, 9.17) is 22.3 Å². The number of hydrogen-bond acceptors (Lipinski definition) is 6. The third kappa shape index (κ3) is 29.9. The first-order valence-electron chi connectivity index (χ1n) is 17.9. The highest BCUT2D eigenvalue weighted by molar-refractivity contribution is 7.85. The maximum absolute atomic E-state index is 12.3. The highest BCUT2D eigenvalue weighted by atomic mass is 35.5. The molecule has 0 atom stereocenters. The van der Waals surface area contributed by atoms with Crippen molar-refractivity contribution in [1.29, 1.82) is 10.8 Å². The van der Waals surface area contributed by atoms with Crippen molar-refractivity contribution >= 4 is 33.9 Å². The van der Waals surface area contributed by atoms with Crippen molar-refractivity contribution in [3.8, 4) is 0 Å². The molecule has 0 saturated carbocycles. The number of aromatic nitrogens is 2. The van der Waals surface area contributed by atoms with E-state index in [1.807, 2.05) is 17.4 Å². The Kier molecular flexibility index (Phi) is 33.3. The third-order valence-corrected chi connectivity index (χ3v) is 8.74. The molecule has 9 N–H and O–H groups in total. The summed E-state index contributed by atoms with van der Waals surface area (Å²) in [6, 6.07) is 5.51. The molecule has 2 rings (SSSR count). The van der Waals surface area contributed by atoms with Crippen LogP contribution < -0.4 is 16.8 Å². The molecule has 0 unspecified atom stereocenters. The number of aromatic amines is 1. The summed E-state index contributed by atoms with van der Waals surface area (Å²) in [6.07, 6.45) is 28.2. The standard InChI is InChI=1S/C30H54O3S.C3H4N2.C2H7N5.ClFO/c1-4-7-10-13-16-19-22-27-25-26-30(34(31,32)33)29(24-21-18-15-12-9-6-3)28(27)23-20-17-14-11-8-5-2;1-2-4-5-3-1;3-1(4)7-2(5)6;1-3-2/h25-26H,4-24H2,1-3H3,(H,31,32,33);1-3H,(H,4,5);(H7,3,4,5,6,7);. The van der Waals surface area contributed by atoms with E-state index in [0.29, 0.717) is 0 Å². The average Bonchev–Trinajstić information content (AvgIpc) is 3.63. The summed E-state index contributed by atoms with van der Waals surface area (Å²) in [5.74, 6) is -0.625. The zero-order valence-electron chi connectivity index (χ0n) is 30.2. The molecule has 0 amide bonds. The zero-order valence-corrected chi connectivity index (χ0v) is 31.7. The van der Waals surface area contributed by atoms with Gasteiger partial charge in [-0.25, -0.2) is 0 Å². The van der Waals surface area contributed by atoms with Crippen LogP contribution >= 0.6 is 11.9 Å². The van der Waals surface area contributed by atoms with Crippen LogP contribution in [0.5, 0.6) is 0 Å². The van der Waals surface area contributed by atoms with Crippen LogP contribution in [-0.2, 0) is 33.9 Å². The van der Waals surface area contributed by atoms with E-state index in [9.17, 15) is 17.5 Å². The van der Waals surface area contributed by atoms with E-state index in [1.165, 1.54) is 101 Å². The molecule has 0 aliphatic rings. The van der Waals surface area contributed by atoms with Gasteiger partial charge in [-0.1, -0.05) is 128 Å². The number of halogens is 2. The predicted octanol–water partition coefficient (Wildman–Crippen LogP) is 9.46. The summed E-state index contributed by atoms with van der Waals surface area (Å²) >= 11 is 3.83. The molecule has 0 saturated heterocycles. The third-order valence-electron chi connectivity index (χ3n) is 7.80. The van der Waals surface area contributed by atoms with Gasteiger partial charge in [-0.15, -0.1) is 0 Å². The van der Waals surface area contributed by atoms with Gasteiger partial charge in [-0.3, -0.25) is 25.8 Å². The van der Waals surface area contributed by atoms with Gasteiger partial charge in [0, 0.05) is 12.4 Å². The molecule has 0 bridgehead atoms. The molecule has 0 aliphatic carbocycles. The average molecular weight is 734 g/mol. The number of hydrogen-bond donors (Lipinski definition) is 7. The maximum atomic E-state index is 12.3. The van der Waals surface area contributed by atoms with Gasteiger partial charge in [0.15, 0.2) is 11.9 Å². The highest BCUT2D eigenvalue weighted by Crippen LogP contribution is 2.29. The minimum atomic E-state index is -4.20. The smallest absolute Gasteiger partial charge is 0.294 e. The number of benzene rings is 1. The molecule has 14 heteroatoms. The lowest BCUT2D eigenvalue weighted by molar-refractivity contribution is 0.00645. The molecule has 49 heavy (non-hydrogen) atoms. The number of unbranched alkanes of at least 4 members (excludes halogenated alkanes) is 15. The molecule has 2 aromatic rings. The van der Waals surface area contributed by atoms with Crippen LogP contribution in [0.3, 0.4) is 0 Å². The Morgan fingerprint density at radius 2 is 1.20 bits per heavy atom. The molecular formula is C35H65ClFN7O4S. The van der Waals surface area contributed by atoms with E-state index >= 15 is 0 Å². The van der Waals surface area contributed by atoms with Gasteiger partial charge in [-0.05, 0) is 71.9 Å². The fourth-order valence-electron chi connectivity index (χ4n) is 5.40. The Morgan fingerprint density at radius 1 is 0.796 bits per heavy atom. The second-order valence-corrected chi connectivity index (χ2v) is 13.5. The van der Waals surface area contributed by atoms with Crippen molar-refractivity contribution in [3.63, 3.8) is 0 Å². The quantitative estimate of drug-likeness (QED) is 0.0268. The molecular weight excluding hydrogens is 669 g/mol. The monoisotopic (exact) mass is 733 g/mol. The number of aryl methyl sites for hydroxylation is 1. The van der Waals surface area contributed by atoms with Crippen molar-refractivity contribution in [2.24, 2.45) is 11.5 Å². The van der Waals surface area contributed by atoms with E-state index < -0.39 is 10.1 Å². The van der Waals surface area contributed by atoms with Gasteiger partial charge in [0.2, 0.25) is 0 Å². The van der Waals surface area contributed by atoms with Crippen LogP contribution in [0.4, 0.5) is 4.53 Å². The van der Waals surface area contributed by atoms with Crippen molar-refractivity contribution in [2.75, 3.05) is 0 Å². The zero-order chi connectivity index (χ0) is 37.2. The lowest BCUT2D eigenvalue weighted by Gasteiger charge is -2.18. The van der Waals surface area contributed by atoms with E-state index in [1.54, 1.807) is 18.5 Å². The second-order valence-electron chi connectivity index (χ2n) is 12.0. The van der Waals surface area contributed by atoms with Crippen LogP contribution in [-0.4, -0.2) is 35.1 Å². The Morgan fingerprint density at radius 3 is 1.53 bits per heavy atom. The number of rotatable bonds is 22. The molecule has 1 heterocycles. The van der Waals surface area contributed by atoms with E-state index in [2.05, 4.69) is 47.3 Å². The van der Waals surface area contributed by atoms with Gasteiger partial charge in [0.1, 0.15) is 11.9 Å². The van der Waals surface area contributed by atoms with E-state index in [0.717, 1.165) is 50.5 Å². The SMILES string of the molecule is CCCCCCCCc1ccc(S(=O)(=O)O)c(CCCCCCCC)c1CCCCCCCC.FOCl.N=C(N)NC(=N)N.c1cn[nH]c1. The normalized spacial score (nSPS) is 10.5. The number of nitrogens with one attached hydrogen (secondary N) is 4. The Balaban J connectivity index is 0. The summed E-state index contributed by atoms with van der Waals surface area (Å²) in [5, 5.41) is 21.2.